The van der Waals surface area contributed by atoms with Gasteiger partial charge in [-0.1, -0.05) is 15.9 Å². The Kier molecular flexibility index (Phi) is 5.03. The molecule has 0 bridgehead atoms. The number of hydrogen-bond acceptors (Lipinski definition) is 2. The third-order valence-corrected chi connectivity index (χ3v) is 3.76. The van der Waals surface area contributed by atoms with Crippen molar-refractivity contribution < 1.29 is 18.7 Å². The zero-order chi connectivity index (χ0) is 12.3. The summed E-state index contributed by atoms with van der Waals surface area (Å²) >= 11 is 4.95. The van der Waals surface area contributed by atoms with Crippen LogP contribution in [0.4, 0.5) is 8.78 Å². The van der Waals surface area contributed by atoms with E-state index in [1.807, 2.05) is 0 Å². The SMILES string of the molecule is O=C(O)Cc1ncc(CBr)c(I)c1C(F)F. The molecule has 88 valence electrons. The van der Waals surface area contributed by atoms with Gasteiger partial charge < -0.3 is 5.11 Å². The molecule has 0 unspecified atom stereocenters. The van der Waals surface area contributed by atoms with E-state index in [-0.39, 0.29) is 11.3 Å². The molecule has 0 saturated heterocycles. The highest BCUT2D eigenvalue weighted by Crippen LogP contribution is 2.30. The van der Waals surface area contributed by atoms with Crippen LogP contribution in [0, 0.1) is 3.57 Å². The van der Waals surface area contributed by atoms with Gasteiger partial charge in [-0.25, -0.2) is 8.78 Å². The monoisotopic (exact) mass is 405 g/mol. The maximum atomic E-state index is 12.8. The van der Waals surface area contributed by atoms with Crippen LogP contribution in [0.3, 0.4) is 0 Å². The second-order valence-corrected chi connectivity index (χ2v) is 4.60. The number of rotatable bonds is 4. The van der Waals surface area contributed by atoms with Crippen molar-refractivity contribution >= 4 is 44.5 Å². The third-order valence-electron chi connectivity index (χ3n) is 1.89. The van der Waals surface area contributed by atoms with Crippen molar-refractivity contribution in [3.05, 3.63) is 26.6 Å². The molecular weight excluding hydrogens is 399 g/mol. The lowest BCUT2D eigenvalue weighted by Crippen LogP contribution is -2.09. The van der Waals surface area contributed by atoms with E-state index in [0.29, 0.717) is 14.5 Å². The summed E-state index contributed by atoms with van der Waals surface area (Å²) in [5, 5.41) is 9.00. The van der Waals surface area contributed by atoms with E-state index in [9.17, 15) is 13.6 Å². The van der Waals surface area contributed by atoms with Crippen molar-refractivity contribution in [2.45, 2.75) is 18.2 Å². The number of nitrogens with zero attached hydrogens (tertiary/aromatic N) is 1. The average Bonchev–Trinajstić information content (AvgIpc) is 2.16. The first-order chi connectivity index (χ1) is 7.47. The second-order valence-electron chi connectivity index (χ2n) is 2.96. The third kappa shape index (κ3) is 3.09. The molecule has 0 atom stereocenters. The van der Waals surface area contributed by atoms with Crippen molar-refractivity contribution in [3.63, 3.8) is 0 Å². The first-order valence-corrected chi connectivity index (χ1v) is 6.39. The van der Waals surface area contributed by atoms with Gasteiger partial charge in [-0.15, -0.1) is 0 Å². The molecule has 0 aliphatic rings. The highest BCUT2D eigenvalue weighted by Gasteiger charge is 2.21. The van der Waals surface area contributed by atoms with Gasteiger partial charge in [-0.3, -0.25) is 9.78 Å². The van der Waals surface area contributed by atoms with Crippen LogP contribution >= 0.6 is 38.5 Å². The summed E-state index contributed by atoms with van der Waals surface area (Å²) in [6.07, 6.45) is -1.79. The predicted octanol–water partition coefficient (Wildman–Crippen LogP) is 3.15. The molecule has 0 radical (unpaired) electrons. The maximum Gasteiger partial charge on any atom is 0.309 e. The smallest absolute Gasteiger partial charge is 0.309 e. The molecule has 1 aromatic rings. The maximum absolute atomic E-state index is 12.8. The van der Waals surface area contributed by atoms with E-state index in [1.165, 1.54) is 6.20 Å². The Morgan fingerprint density at radius 1 is 1.62 bits per heavy atom. The van der Waals surface area contributed by atoms with Gasteiger partial charge in [0.1, 0.15) is 0 Å². The molecular formula is C9H7BrF2INO2. The van der Waals surface area contributed by atoms with Crippen molar-refractivity contribution in [2.24, 2.45) is 0 Å². The lowest BCUT2D eigenvalue weighted by Gasteiger charge is -2.11. The number of halogens is 4. The standard InChI is InChI=1S/C9H7BrF2INO2/c10-2-4-3-14-5(1-6(15)16)7(8(4)13)9(11)12/h3,9H,1-2H2,(H,15,16). The fourth-order valence-electron chi connectivity index (χ4n) is 1.18. The summed E-state index contributed by atoms with van der Waals surface area (Å²) in [5.74, 6) is -1.17. The molecule has 16 heavy (non-hydrogen) atoms. The summed E-state index contributed by atoms with van der Waals surface area (Å²) < 4.78 is 26.0. The lowest BCUT2D eigenvalue weighted by molar-refractivity contribution is -0.136. The van der Waals surface area contributed by atoms with E-state index in [4.69, 9.17) is 5.11 Å². The number of carboxylic acid groups (broad SMARTS) is 1. The number of aromatic nitrogens is 1. The van der Waals surface area contributed by atoms with Gasteiger partial charge in [-0.05, 0) is 28.2 Å². The lowest BCUT2D eigenvalue weighted by atomic mass is 10.1. The summed E-state index contributed by atoms with van der Waals surface area (Å²) in [4.78, 5) is 14.3. The van der Waals surface area contributed by atoms with Gasteiger partial charge in [0, 0.05) is 15.1 Å². The molecule has 1 heterocycles. The Labute approximate surface area is 113 Å². The van der Waals surface area contributed by atoms with Gasteiger partial charge in [0.2, 0.25) is 0 Å². The Morgan fingerprint density at radius 3 is 2.69 bits per heavy atom. The molecule has 1 N–H and O–H groups in total. The van der Waals surface area contributed by atoms with Crippen molar-refractivity contribution in [3.8, 4) is 0 Å². The Bertz CT molecular complexity index is 415. The van der Waals surface area contributed by atoms with Crippen LogP contribution in [0.1, 0.15) is 23.2 Å². The van der Waals surface area contributed by atoms with Gasteiger partial charge in [0.25, 0.3) is 6.43 Å². The van der Waals surface area contributed by atoms with Crippen LogP contribution in [0.5, 0.6) is 0 Å². The second kappa shape index (κ2) is 5.85. The highest BCUT2D eigenvalue weighted by molar-refractivity contribution is 14.1. The quantitative estimate of drug-likeness (QED) is 0.618. The van der Waals surface area contributed by atoms with Crippen LogP contribution < -0.4 is 0 Å². The molecule has 0 fully saturated rings. The predicted molar refractivity (Wildman–Crippen MR) is 65.9 cm³/mol. The van der Waals surface area contributed by atoms with Crippen molar-refractivity contribution in [1.29, 1.82) is 0 Å². The zero-order valence-electron chi connectivity index (χ0n) is 7.88. The molecule has 0 saturated carbocycles. The van der Waals surface area contributed by atoms with E-state index in [1.54, 1.807) is 22.6 Å². The van der Waals surface area contributed by atoms with E-state index < -0.39 is 18.8 Å². The fourth-order valence-corrected chi connectivity index (χ4v) is 3.01. The Balaban J connectivity index is 3.28. The molecule has 7 heteroatoms. The minimum Gasteiger partial charge on any atom is -0.481 e. The highest BCUT2D eigenvalue weighted by atomic mass is 127. The molecule has 1 rings (SSSR count). The zero-order valence-corrected chi connectivity index (χ0v) is 11.6. The van der Waals surface area contributed by atoms with Crippen LogP contribution in [0.2, 0.25) is 0 Å². The van der Waals surface area contributed by atoms with Crippen LogP contribution in [-0.2, 0) is 16.5 Å². The van der Waals surface area contributed by atoms with Crippen LogP contribution in [-0.4, -0.2) is 16.1 Å². The van der Waals surface area contributed by atoms with Gasteiger partial charge in [-0.2, -0.15) is 0 Å². The molecule has 0 spiro atoms. The van der Waals surface area contributed by atoms with Crippen molar-refractivity contribution in [2.75, 3.05) is 0 Å². The normalized spacial score (nSPS) is 10.8. The topological polar surface area (TPSA) is 50.2 Å². The Morgan fingerprint density at radius 2 is 2.25 bits per heavy atom. The van der Waals surface area contributed by atoms with Crippen LogP contribution in [0.25, 0.3) is 0 Å². The summed E-state index contributed by atoms with van der Waals surface area (Å²) in [5.41, 5.74) is 0.279. The summed E-state index contributed by atoms with van der Waals surface area (Å²) in [6, 6.07) is 0. The molecule has 3 nitrogen and oxygen atoms in total. The largest absolute Gasteiger partial charge is 0.481 e. The van der Waals surface area contributed by atoms with Gasteiger partial charge in [0.15, 0.2) is 0 Å². The van der Waals surface area contributed by atoms with E-state index in [0.717, 1.165) is 0 Å². The molecule has 1 aromatic heterocycles. The summed E-state index contributed by atoms with van der Waals surface area (Å²) in [6.45, 7) is 0. The fraction of sp³-hybridized carbons (Fsp3) is 0.333. The number of alkyl halides is 3. The molecule has 0 amide bonds. The molecule has 0 aliphatic carbocycles. The minimum absolute atomic E-state index is 0.0726. The number of aliphatic carboxylic acids is 1. The number of pyridine rings is 1. The van der Waals surface area contributed by atoms with Crippen molar-refractivity contribution in [1.82, 2.24) is 4.98 Å². The molecule has 0 aromatic carbocycles. The Hall–Kier alpha value is -0.310. The van der Waals surface area contributed by atoms with E-state index >= 15 is 0 Å². The number of carbonyl (C=O) groups is 1. The number of carboxylic acids is 1. The van der Waals surface area contributed by atoms with Crippen LogP contribution in [0.15, 0.2) is 6.20 Å². The first-order valence-electron chi connectivity index (χ1n) is 4.19. The molecule has 0 aliphatic heterocycles. The minimum atomic E-state index is -2.72. The number of hydrogen-bond donors (Lipinski definition) is 1. The summed E-state index contributed by atoms with van der Waals surface area (Å²) in [7, 11) is 0. The van der Waals surface area contributed by atoms with Gasteiger partial charge >= 0.3 is 5.97 Å². The first kappa shape index (κ1) is 13.8. The van der Waals surface area contributed by atoms with E-state index in [2.05, 4.69) is 20.9 Å². The van der Waals surface area contributed by atoms with Gasteiger partial charge in [0.05, 0.1) is 17.7 Å². The average molecular weight is 406 g/mol.